The summed E-state index contributed by atoms with van der Waals surface area (Å²) in [6.45, 7) is 4.29. The Bertz CT molecular complexity index is 756. The van der Waals surface area contributed by atoms with Gasteiger partial charge in [0.2, 0.25) is 0 Å². The molecule has 2 aromatic rings. The van der Waals surface area contributed by atoms with Crippen molar-refractivity contribution >= 4 is 11.8 Å². The van der Waals surface area contributed by atoms with Gasteiger partial charge in [0, 0.05) is 37.3 Å². The van der Waals surface area contributed by atoms with E-state index in [9.17, 15) is 10.2 Å². The monoisotopic (exact) mass is 377 g/mol. The third-order valence-electron chi connectivity index (χ3n) is 5.27. The average Bonchev–Trinajstić information content (AvgIpc) is 3.00. The van der Waals surface area contributed by atoms with E-state index in [-0.39, 0.29) is 12.4 Å². The van der Waals surface area contributed by atoms with Crippen molar-refractivity contribution in [3.63, 3.8) is 0 Å². The van der Waals surface area contributed by atoms with Gasteiger partial charge in [-0.25, -0.2) is 0 Å². The molecule has 0 bridgehead atoms. The van der Waals surface area contributed by atoms with Crippen LogP contribution in [0.2, 0.25) is 0 Å². The van der Waals surface area contributed by atoms with Crippen LogP contribution in [0.15, 0.2) is 11.4 Å². The van der Waals surface area contributed by atoms with Crippen LogP contribution in [-0.2, 0) is 26.6 Å². The Morgan fingerprint density at radius 3 is 2.62 bits per heavy atom. The van der Waals surface area contributed by atoms with E-state index in [1.807, 2.05) is 13.3 Å². The lowest BCUT2D eigenvalue weighted by molar-refractivity contribution is 0.172. The van der Waals surface area contributed by atoms with Crippen LogP contribution in [0.1, 0.15) is 35.5 Å². The minimum atomic E-state index is -0.101. The lowest BCUT2D eigenvalue weighted by Gasteiger charge is -2.32. The van der Waals surface area contributed by atoms with Crippen molar-refractivity contribution in [1.29, 1.82) is 0 Å². The van der Waals surface area contributed by atoms with E-state index in [4.69, 9.17) is 0 Å². The van der Waals surface area contributed by atoms with E-state index in [1.54, 1.807) is 24.9 Å². The highest BCUT2D eigenvalue weighted by Gasteiger charge is 2.23. The second-order valence-corrected chi connectivity index (χ2v) is 7.71. The van der Waals surface area contributed by atoms with Crippen molar-refractivity contribution < 1.29 is 10.2 Å². The number of hydrogen-bond acceptors (Lipinski definition) is 7. The van der Waals surface area contributed by atoms with Gasteiger partial charge in [-0.15, -0.1) is 10.2 Å². The predicted octanol–water partition coefficient (Wildman–Crippen LogP) is 1.89. The van der Waals surface area contributed by atoms with Gasteiger partial charge in [0.25, 0.3) is 0 Å². The summed E-state index contributed by atoms with van der Waals surface area (Å²) in [5, 5.41) is 29.3. The first-order chi connectivity index (χ1) is 12.5. The lowest BCUT2D eigenvalue weighted by atomic mass is 9.92. The number of thioether (sulfide) groups is 1. The Kier molecular flexibility index (Phi) is 6.16. The van der Waals surface area contributed by atoms with Gasteiger partial charge < -0.3 is 14.8 Å². The van der Waals surface area contributed by atoms with Gasteiger partial charge in [0.15, 0.2) is 5.16 Å². The number of rotatable bonds is 6. The number of nitrogens with zero attached hydrogens (tertiary/aromatic N) is 5. The van der Waals surface area contributed by atoms with Gasteiger partial charge in [0.05, 0.1) is 12.3 Å². The summed E-state index contributed by atoms with van der Waals surface area (Å²) in [5.41, 5.74) is 2.12. The molecule has 0 radical (unpaired) electrons. The molecule has 0 atom stereocenters. The Hall–Kier alpha value is -1.64. The standard InChI is InChI=1S/C18H27N5O2S/c1-12-17(25)15(14(11-24)9-19-12)10-23-6-4-13(5-7-23)8-16-20-21-18(26-3)22(16)2/h9,13,24-25H,4-8,10-11H2,1-3H3. The van der Waals surface area contributed by atoms with Gasteiger partial charge in [-0.3, -0.25) is 9.88 Å². The topological polar surface area (TPSA) is 87.3 Å². The normalized spacial score (nSPS) is 16.3. The maximum Gasteiger partial charge on any atom is 0.190 e. The number of aliphatic hydroxyl groups is 1. The molecule has 8 heteroatoms. The summed E-state index contributed by atoms with van der Waals surface area (Å²) in [5.74, 6) is 1.87. The minimum absolute atomic E-state index is 0.101. The van der Waals surface area contributed by atoms with Gasteiger partial charge >= 0.3 is 0 Å². The fourth-order valence-corrected chi connectivity index (χ4v) is 4.03. The first-order valence-corrected chi connectivity index (χ1v) is 10.2. The predicted molar refractivity (Wildman–Crippen MR) is 101 cm³/mol. The van der Waals surface area contributed by atoms with E-state index >= 15 is 0 Å². The Labute approximate surface area is 158 Å². The van der Waals surface area contributed by atoms with E-state index < -0.39 is 0 Å². The fraction of sp³-hybridized carbons (Fsp3) is 0.611. The van der Waals surface area contributed by atoms with E-state index in [0.29, 0.717) is 23.7 Å². The number of aliphatic hydroxyl groups excluding tert-OH is 1. The summed E-state index contributed by atoms with van der Waals surface area (Å²) >= 11 is 1.62. The molecule has 7 nitrogen and oxygen atoms in total. The van der Waals surface area contributed by atoms with Crippen molar-refractivity contribution in [3.05, 3.63) is 28.8 Å². The van der Waals surface area contributed by atoms with Crippen LogP contribution in [-0.4, -0.2) is 54.2 Å². The van der Waals surface area contributed by atoms with Crippen molar-refractivity contribution in [2.24, 2.45) is 13.0 Å². The van der Waals surface area contributed by atoms with Crippen LogP contribution in [0.5, 0.6) is 5.75 Å². The molecule has 0 unspecified atom stereocenters. The van der Waals surface area contributed by atoms with Crippen molar-refractivity contribution in [2.75, 3.05) is 19.3 Å². The second-order valence-electron chi connectivity index (χ2n) is 6.94. The number of pyridine rings is 1. The molecule has 0 amide bonds. The Balaban J connectivity index is 1.59. The molecule has 1 aliphatic heterocycles. The summed E-state index contributed by atoms with van der Waals surface area (Å²) < 4.78 is 2.09. The van der Waals surface area contributed by atoms with Gasteiger partial charge in [-0.2, -0.15) is 0 Å². The van der Waals surface area contributed by atoms with Crippen LogP contribution in [0.3, 0.4) is 0 Å². The lowest BCUT2D eigenvalue weighted by Crippen LogP contribution is -2.34. The molecule has 2 aromatic heterocycles. The maximum atomic E-state index is 10.3. The molecule has 0 saturated carbocycles. The van der Waals surface area contributed by atoms with E-state index in [1.165, 1.54) is 0 Å². The number of aromatic nitrogens is 4. The number of piperidine rings is 1. The first-order valence-electron chi connectivity index (χ1n) is 8.95. The highest BCUT2D eigenvalue weighted by atomic mass is 32.2. The molecule has 0 aliphatic carbocycles. The largest absolute Gasteiger partial charge is 0.506 e. The van der Waals surface area contributed by atoms with Crippen LogP contribution >= 0.6 is 11.8 Å². The molecule has 1 aliphatic rings. The molecule has 3 rings (SSSR count). The quantitative estimate of drug-likeness (QED) is 0.743. The summed E-state index contributed by atoms with van der Waals surface area (Å²) in [4.78, 5) is 6.48. The van der Waals surface area contributed by atoms with Crippen LogP contribution < -0.4 is 0 Å². The van der Waals surface area contributed by atoms with Gasteiger partial charge in [-0.1, -0.05) is 11.8 Å². The Morgan fingerprint density at radius 1 is 1.27 bits per heavy atom. The molecule has 2 N–H and O–H groups in total. The molecule has 1 saturated heterocycles. The average molecular weight is 378 g/mol. The van der Waals surface area contributed by atoms with Gasteiger partial charge in [-0.05, 0) is 45.0 Å². The number of likely N-dealkylation sites (tertiary alicyclic amines) is 1. The fourth-order valence-electron chi connectivity index (χ4n) is 3.53. The molecule has 26 heavy (non-hydrogen) atoms. The minimum Gasteiger partial charge on any atom is -0.506 e. The van der Waals surface area contributed by atoms with Crippen molar-refractivity contribution in [1.82, 2.24) is 24.6 Å². The van der Waals surface area contributed by atoms with E-state index in [2.05, 4.69) is 24.6 Å². The smallest absolute Gasteiger partial charge is 0.190 e. The highest BCUT2D eigenvalue weighted by molar-refractivity contribution is 7.98. The summed E-state index contributed by atoms with van der Waals surface area (Å²) in [6, 6.07) is 0. The highest BCUT2D eigenvalue weighted by Crippen LogP contribution is 2.28. The summed E-state index contributed by atoms with van der Waals surface area (Å²) in [6.07, 6.45) is 6.83. The van der Waals surface area contributed by atoms with E-state index in [0.717, 1.165) is 48.9 Å². The number of aromatic hydroxyl groups is 1. The zero-order chi connectivity index (χ0) is 18.7. The maximum absolute atomic E-state index is 10.3. The van der Waals surface area contributed by atoms with Gasteiger partial charge in [0.1, 0.15) is 11.6 Å². The molecule has 0 aromatic carbocycles. The van der Waals surface area contributed by atoms with Crippen molar-refractivity contribution in [2.45, 2.75) is 44.5 Å². The van der Waals surface area contributed by atoms with Crippen LogP contribution in [0.25, 0.3) is 0 Å². The SMILES string of the molecule is CSc1nnc(CC2CCN(Cc3c(CO)cnc(C)c3O)CC2)n1C. The van der Waals surface area contributed by atoms with Crippen LogP contribution in [0.4, 0.5) is 0 Å². The third-order valence-corrected chi connectivity index (χ3v) is 5.99. The molecule has 1 fully saturated rings. The number of hydrogen-bond donors (Lipinski definition) is 2. The van der Waals surface area contributed by atoms with Crippen molar-refractivity contribution in [3.8, 4) is 5.75 Å². The third kappa shape index (κ3) is 4.02. The first kappa shape index (κ1) is 19.1. The zero-order valence-electron chi connectivity index (χ0n) is 15.6. The second kappa shape index (κ2) is 8.37. The Morgan fingerprint density at radius 2 is 2.00 bits per heavy atom. The molecule has 3 heterocycles. The number of aryl methyl sites for hydroxylation is 1. The zero-order valence-corrected chi connectivity index (χ0v) is 16.5. The molecular weight excluding hydrogens is 350 g/mol. The van der Waals surface area contributed by atoms with Crippen LogP contribution in [0, 0.1) is 12.8 Å². The molecule has 142 valence electrons. The molecular formula is C18H27N5O2S. The summed E-state index contributed by atoms with van der Waals surface area (Å²) in [7, 11) is 2.03. The molecule has 0 spiro atoms.